The van der Waals surface area contributed by atoms with E-state index in [1.807, 2.05) is 24.3 Å². The van der Waals surface area contributed by atoms with Gasteiger partial charge in [0.15, 0.2) is 0 Å². The highest BCUT2D eigenvalue weighted by molar-refractivity contribution is 5.55. The molecular weight excluding hydrogens is 503 g/mol. The van der Waals surface area contributed by atoms with E-state index in [1.54, 1.807) is 0 Å². The van der Waals surface area contributed by atoms with Crippen molar-refractivity contribution in [3.05, 3.63) is 48.5 Å². The van der Waals surface area contributed by atoms with Crippen LogP contribution in [0.25, 0.3) is 0 Å². The molecule has 0 spiro atoms. The van der Waals surface area contributed by atoms with Gasteiger partial charge in [0.25, 0.3) is 0 Å². The van der Waals surface area contributed by atoms with Crippen molar-refractivity contribution in [3.8, 4) is 0 Å². The van der Waals surface area contributed by atoms with Gasteiger partial charge in [0, 0.05) is 42.3 Å². The predicted octanol–water partition coefficient (Wildman–Crippen LogP) is -1.96. The van der Waals surface area contributed by atoms with Crippen molar-refractivity contribution in [2.24, 2.45) is 0 Å². The summed E-state index contributed by atoms with van der Waals surface area (Å²) in [6, 6.07) is 18.1. The normalized spacial score (nSPS) is 20.0. The van der Waals surface area contributed by atoms with Crippen molar-refractivity contribution < 1.29 is 33.8 Å². The fraction of sp³-hybridized carbons (Fsp3) is 0.586. The number of anilines is 4. The van der Waals surface area contributed by atoms with E-state index in [0.29, 0.717) is 12.1 Å². The van der Waals surface area contributed by atoms with E-state index in [4.69, 9.17) is 11.5 Å². The van der Waals surface area contributed by atoms with Gasteiger partial charge in [0.05, 0.1) is 66.5 Å². The minimum absolute atomic E-state index is 0. The van der Waals surface area contributed by atoms with Crippen molar-refractivity contribution in [3.63, 3.8) is 0 Å². The number of nitrogens with zero attached hydrogens (tertiary/aromatic N) is 4. The summed E-state index contributed by atoms with van der Waals surface area (Å²) in [5.41, 5.74) is 16.2. The first-order valence-electron chi connectivity index (χ1n) is 13.5. The largest absolute Gasteiger partial charge is 1.00 e. The highest BCUT2D eigenvalue weighted by atomic mass is 35.5. The Labute approximate surface area is 237 Å². The maximum absolute atomic E-state index is 5.92. The van der Waals surface area contributed by atoms with Gasteiger partial charge in [-0.1, -0.05) is 0 Å². The second kappa shape index (κ2) is 13.3. The molecule has 208 valence electrons. The average molecular weight is 552 g/mol. The van der Waals surface area contributed by atoms with Crippen LogP contribution in [0.5, 0.6) is 0 Å². The summed E-state index contributed by atoms with van der Waals surface area (Å²) in [5.74, 6) is 0. The molecule has 2 unspecified atom stereocenters. The molecule has 0 amide bonds. The number of benzene rings is 2. The standard InChI is InChI=1S/C29H48N6.2ClH/c1-34(2,22-28-8-5-18-32(28)26-14-10-24(30)11-15-26)20-7-21-35(3,4)23-29-9-6-19-33(29)27-16-12-25(31)13-17-27;;/h10-17,28-29H,5-9,18-23,30-31H2,1-4H3;2*1H/q+2;;/p-2. The van der Waals surface area contributed by atoms with Crippen molar-refractivity contribution in [1.82, 2.24) is 0 Å². The zero-order chi connectivity index (χ0) is 25.1. The molecule has 0 saturated carbocycles. The molecule has 2 aromatic rings. The molecule has 0 radical (unpaired) electrons. The lowest BCUT2D eigenvalue weighted by atomic mass is 10.1. The Morgan fingerprint density at radius 3 is 1.35 bits per heavy atom. The molecule has 4 rings (SSSR count). The molecule has 2 aliphatic rings. The zero-order valence-corrected chi connectivity index (χ0v) is 24.8. The monoisotopic (exact) mass is 550 g/mol. The molecule has 8 heteroatoms. The second-order valence-electron chi connectivity index (χ2n) is 12.2. The SMILES string of the molecule is C[N+](C)(CCC[N+](C)(C)CC1CCCN1c1ccc(N)cc1)CC1CCCN1c1ccc(N)cc1.[Cl-].[Cl-]. The predicted molar refractivity (Wildman–Crippen MR) is 151 cm³/mol. The van der Waals surface area contributed by atoms with Crippen LogP contribution in [-0.4, -0.2) is 88.5 Å². The van der Waals surface area contributed by atoms with Gasteiger partial charge in [-0.25, -0.2) is 0 Å². The fourth-order valence-corrected chi connectivity index (χ4v) is 6.31. The van der Waals surface area contributed by atoms with Crippen molar-refractivity contribution >= 4 is 22.7 Å². The second-order valence-corrected chi connectivity index (χ2v) is 12.2. The van der Waals surface area contributed by atoms with Crippen molar-refractivity contribution in [1.29, 1.82) is 0 Å². The van der Waals surface area contributed by atoms with E-state index >= 15 is 0 Å². The Morgan fingerprint density at radius 2 is 1.00 bits per heavy atom. The number of halogens is 2. The molecule has 2 aromatic carbocycles. The Hall–Kier alpha value is -1.86. The van der Waals surface area contributed by atoms with Gasteiger partial charge >= 0.3 is 0 Å². The molecule has 6 nitrogen and oxygen atoms in total. The highest BCUT2D eigenvalue weighted by Crippen LogP contribution is 2.29. The van der Waals surface area contributed by atoms with Crippen LogP contribution in [-0.2, 0) is 0 Å². The first-order valence-corrected chi connectivity index (χ1v) is 13.5. The number of likely N-dealkylation sites (N-methyl/N-ethyl adjacent to an activating group) is 2. The number of hydrogen-bond donors (Lipinski definition) is 2. The summed E-state index contributed by atoms with van der Waals surface area (Å²) in [6.45, 7) is 7.16. The summed E-state index contributed by atoms with van der Waals surface area (Å²) in [4.78, 5) is 5.20. The van der Waals surface area contributed by atoms with E-state index in [2.05, 4.69) is 62.3 Å². The zero-order valence-electron chi connectivity index (χ0n) is 23.3. The molecule has 0 bridgehead atoms. The van der Waals surface area contributed by atoms with E-state index in [-0.39, 0.29) is 24.8 Å². The van der Waals surface area contributed by atoms with Gasteiger partial charge in [-0.2, -0.15) is 0 Å². The molecule has 2 saturated heterocycles. The lowest BCUT2D eigenvalue weighted by molar-refractivity contribution is -0.910. The van der Waals surface area contributed by atoms with Crippen LogP contribution in [0.4, 0.5) is 22.7 Å². The summed E-state index contributed by atoms with van der Waals surface area (Å²) in [5, 5.41) is 0. The highest BCUT2D eigenvalue weighted by Gasteiger charge is 2.33. The Bertz CT molecular complexity index is 870. The van der Waals surface area contributed by atoms with Crippen LogP contribution < -0.4 is 46.1 Å². The summed E-state index contributed by atoms with van der Waals surface area (Å²) in [7, 11) is 9.66. The third-order valence-corrected chi connectivity index (χ3v) is 8.14. The van der Waals surface area contributed by atoms with E-state index < -0.39 is 0 Å². The third kappa shape index (κ3) is 8.57. The molecule has 2 aliphatic heterocycles. The molecule has 4 N–H and O–H groups in total. The minimum Gasteiger partial charge on any atom is -1.00 e. The number of nitrogens with two attached hydrogens (primary N) is 2. The maximum Gasteiger partial charge on any atom is 0.0989 e. The molecule has 0 aromatic heterocycles. The lowest BCUT2D eigenvalue weighted by Crippen LogP contribution is -3.00. The third-order valence-electron chi connectivity index (χ3n) is 8.14. The fourth-order valence-electron chi connectivity index (χ4n) is 6.31. The number of rotatable bonds is 10. The molecule has 2 atom stereocenters. The molecule has 37 heavy (non-hydrogen) atoms. The molecule has 2 fully saturated rings. The van der Waals surface area contributed by atoms with Gasteiger partial charge in [0.1, 0.15) is 0 Å². The van der Waals surface area contributed by atoms with Crippen molar-refractivity contribution in [2.75, 3.05) is 88.7 Å². The maximum atomic E-state index is 5.92. The molecular formula is C29H48Cl2N6. The van der Waals surface area contributed by atoms with Crippen LogP contribution in [0.3, 0.4) is 0 Å². The van der Waals surface area contributed by atoms with Crippen LogP contribution in [0.2, 0.25) is 0 Å². The van der Waals surface area contributed by atoms with Crippen LogP contribution >= 0.6 is 0 Å². The van der Waals surface area contributed by atoms with E-state index in [0.717, 1.165) is 33.4 Å². The molecule has 0 aliphatic carbocycles. The number of hydrogen-bond acceptors (Lipinski definition) is 4. The van der Waals surface area contributed by atoms with Gasteiger partial charge in [-0.15, -0.1) is 0 Å². The van der Waals surface area contributed by atoms with Crippen LogP contribution in [0.15, 0.2) is 48.5 Å². The van der Waals surface area contributed by atoms with Crippen molar-refractivity contribution in [2.45, 2.75) is 44.2 Å². The topological polar surface area (TPSA) is 58.5 Å². The van der Waals surface area contributed by atoms with Gasteiger partial charge in [-0.05, 0) is 74.2 Å². The summed E-state index contributed by atoms with van der Waals surface area (Å²) >= 11 is 0. The number of quaternary nitrogens is 2. The Balaban J connectivity index is 0.00000241. The number of nitrogen functional groups attached to an aromatic ring is 2. The molecule has 2 heterocycles. The smallest absolute Gasteiger partial charge is 0.0989 e. The quantitative estimate of drug-likeness (QED) is 0.266. The lowest BCUT2D eigenvalue weighted by Gasteiger charge is -2.39. The summed E-state index contributed by atoms with van der Waals surface area (Å²) in [6.07, 6.45) is 6.39. The van der Waals surface area contributed by atoms with Crippen LogP contribution in [0.1, 0.15) is 32.1 Å². The van der Waals surface area contributed by atoms with E-state index in [1.165, 1.54) is 69.7 Å². The Kier molecular flexibility index (Phi) is 11.3. The minimum atomic E-state index is 0. The van der Waals surface area contributed by atoms with Gasteiger partial charge < -0.3 is 55.0 Å². The first kappa shape index (κ1) is 31.4. The summed E-state index contributed by atoms with van der Waals surface area (Å²) < 4.78 is 2.16. The average Bonchev–Trinajstić information content (AvgIpc) is 3.43. The van der Waals surface area contributed by atoms with E-state index in [9.17, 15) is 0 Å². The first-order chi connectivity index (χ1) is 16.6. The Morgan fingerprint density at radius 1 is 0.649 bits per heavy atom. The van der Waals surface area contributed by atoms with Gasteiger partial charge in [0.2, 0.25) is 0 Å². The van der Waals surface area contributed by atoms with Crippen LogP contribution in [0, 0.1) is 0 Å². The van der Waals surface area contributed by atoms with Gasteiger partial charge in [-0.3, -0.25) is 0 Å².